The molecular formula is C17H13Cl2FN4O3S. The van der Waals surface area contributed by atoms with Gasteiger partial charge in [0, 0.05) is 16.9 Å². The molecule has 146 valence electrons. The fourth-order valence-corrected chi connectivity index (χ4v) is 3.60. The number of hydrogen-bond acceptors (Lipinski definition) is 4. The highest BCUT2D eigenvalue weighted by atomic mass is 35.5. The Morgan fingerprint density at radius 1 is 1.21 bits per heavy atom. The molecular weight excluding hydrogens is 430 g/mol. The lowest BCUT2D eigenvalue weighted by Gasteiger charge is -2.12. The van der Waals surface area contributed by atoms with Crippen molar-refractivity contribution in [3.05, 3.63) is 70.2 Å². The third-order valence-electron chi connectivity index (χ3n) is 3.71. The van der Waals surface area contributed by atoms with Gasteiger partial charge in [0.15, 0.2) is 0 Å². The van der Waals surface area contributed by atoms with E-state index in [9.17, 15) is 17.6 Å². The summed E-state index contributed by atoms with van der Waals surface area (Å²) in [5, 5.41) is 12.2. The Morgan fingerprint density at radius 3 is 2.57 bits per heavy atom. The monoisotopic (exact) mass is 442 g/mol. The Balaban J connectivity index is 1.87. The average Bonchev–Trinajstić information content (AvgIpc) is 3.03. The highest BCUT2D eigenvalue weighted by Gasteiger charge is 2.18. The lowest BCUT2D eigenvalue weighted by Crippen LogP contribution is -2.18. The number of carbonyl (C=O) groups is 1. The van der Waals surface area contributed by atoms with Gasteiger partial charge >= 0.3 is 0 Å². The molecule has 7 nitrogen and oxygen atoms in total. The van der Waals surface area contributed by atoms with Crippen molar-refractivity contribution in [3.8, 4) is 5.69 Å². The Kier molecular flexibility index (Phi) is 5.71. The SMILES string of the molecule is NS(=O)(=O)c1cc(NC(=O)Cc2ccc(F)cc2Cl)ccc1-n1cc(Cl)cn1. The maximum Gasteiger partial charge on any atom is 0.240 e. The minimum absolute atomic E-state index is 0.117. The van der Waals surface area contributed by atoms with Gasteiger partial charge in [-0.15, -0.1) is 0 Å². The molecule has 0 atom stereocenters. The first kappa shape index (κ1) is 20.3. The van der Waals surface area contributed by atoms with Gasteiger partial charge in [-0.25, -0.2) is 22.6 Å². The summed E-state index contributed by atoms with van der Waals surface area (Å²) in [7, 11) is -4.12. The number of anilines is 1. The van der Waals surface area contributed by atoms with Gasteiger partial charge < -0.3 is 5.32 Å². The average molecular weight is 443 g/mol. The fraction of sp³-hybridized carbons (Fsp3) is 0.0588. The van der Waals surface area contributed by atoms with Crippen molar-refractivity contribution in [1.82, 2.24) is 9.78 Å². The predicted molar refractivity (Wildman–Crippen MR) is 104 cm³/mol. The summed E-state index contributed by atoms with van der Waals surface area (Å²) in [6, 6.07) is 7.83. The van der Waals surface area contributed by atoms with E-state index in [0.29, 0.717) is 10.6 Å². The predicted octanol–water partition coefficient (Wildman–Crippen LogP) is 3.15. The number of carbonyl (C=O) groups excluding carboxylic acids is 1. The highest BCUT2D eigenvalue weighted by molar-refractivity contribution is 7.89. The van der Waals surface area contributed by atoms with Gasteiger partial charge in [-0.1, -0.05) is 29.3 Å². The third-order valence-corrected chi connectivity index (χ3v) is 5.20. The third kappa shape index (κ3) is 4.68. The van der Waals surface area contributed by atoms with Crippen LogP contribution in [-0.2, 0) is 21.2 Å². The van der Waals surface area contributed by atoms with Crippen LogP contribution in [0.15, 0.2) is 53.7 Å². The maximum atomic E-state index is 13.1. The van der Waals surface area contributed by atoms with E-state index in [1.165, 1.54) is 47.4 Å². The van der Waals surface area contributed by atoms with Crippen molar-refractivity contribution in [1.29, 1.82) is 0 Å². The molecule has 0 fully saturated rings. The first-order chi connectivity index (χ1) is 13.1. The van der Waals surface area contributed by atoms with E-state index in [0.717, 1.165) is 6.07 Å². The second kappa shape index (κ2) is 7.88. The zero-order chi connectivity index (χ0) is 20.5. The number of nitrogens with one attached hydrogen (secondary N) is 1. The summed E-state index contributed by atoms with van der Waals surface area (Å²) < 4.78 is 38.3. The quantitative estimate of drug-likeness (QED) is 0.632. The Bertz CT molecular complexity index is 1160. The fourth-order valence-electron chi connectivity index (χ4n) is 2.48. The maximum absolute atomic E-state index is 13.1. The molecule has 0 saturated carbocycles. The molecule has 1 amide bonds. The molecule has 1 heterocycles. The van der Waals surface area contributed by atoms with Crippen molar-refractivity contribution >= 4 is 44.8 Å². The molecule has 3 aromatic rings. The van der Waals surface area contributed by atoms with Crippen molar-refractivity contribution in [3.63, 3.8) is 0 Å². The number of nitrogens with zero attached hydrogens (tertiary/aromatic N) is 2. The molecule has 3 N–H and O–H groups in total. The van der Waals surface area contributed by atoms with Crippen LogP contribution in [0.1, 0.15) is 5.56 Å². The molecule has 0 spiro atoms. The van der Waals surface area contributed by atoms with Crippen LogP contribution in [-0.4, -0.2) is 24.1 Å². The molecule has 0 aliphatic heterocycles. The minimum Gasteiger partial charge on any atom is -0.326 e. The van der Waals surface area contributed by atoms with Gasteiger partial charge in [-0.3, -0.25) is 4.79 Å². The lowest BCUT2D eigenvalue weighted by molar-refractivity contribution is -0.115. The van der Waals surface area contributed by atoms with E-state index in [-0.39, 0.29) is 27.7 Å². The molecule has 0 bridgehead atoms. The number of amides is 1. The first-order valence-electron chi connectivity index (χ1n) is 7.74. The van der Waals surface area contributed by atoms with Gasteiger partial charge in [-0.05, 0) is 35.9 Å². The van der Waals surface area contributed by atoms with Crippen LogP contribution < -0.4 is 10.5 Å². The zero-order valence-electron chi connectivity index (χ0n) is 14.1. The van der Waals surface area contributed by atoms with Crippen molar-refractivity contribution in [2.24, 2.45) is 5.14 Å². The zero-order valence-corrected chi connectivity index (χ0v) is 16.4. The number of hydrogen-bond donors (Lipinski definition) is 2. The van der Waals surface area contributed by atoms with Crippen LogP contribution in [0.2, 0.25) is 10.0 Å². The first-order valence-corrected chi connectivity index (χ1v) is 10.0. The molecule has 0 saturated heterocycles. The van der Waals surface area contributed by atoms with E-state index >= 15 is 0 Å². The molecule has 0 aliphatic carbocycles. The standard InChI is InChI=1S/C17H13Cl2FN4O3S/c18-11-8-22-24(9-11)15-4-3-13(7-16(15)28(21,26)27)23-17(25)5-10-1-2-12(20)6-14(10)19/h1-4,6-9H,5H2,(H,23,25)(H2,21,26,27). The Morgan fingerprint density at radius 2 is 1.96 bits per heavy atom. The number of rotatable bonds is 5. The number of benzene rings is 2. The number of aromatic nitrogens is 2. The topological polar surface area (TPSA) is 107 Å². The summed E-state index contributed by atoms with van der Waals surface area (Å²) in [5.74, 6) is -0.981. The Hall–Kier alpha value is -2.46. The number of primary sulfonamides is 1. The number of halogens is 3. The molecule has 28 heavy (non-hydrogen) atoms. The molecule has 3 rings (SSSR count). The van der Waals surface area contributed by atoms with Crippen LogP contribution in [0.3, 0.4) is 0 Å². The van der Waals surface area contributed by atoms with E-state index < -0.39 is 21.7 Å². The van der Waals surface area contributed by atoms with Crippen molar-refractivity contribution in [2.75, 3.05) is 5.32 Å². The van der Waals surface area contributed by atoms with Crippen molar-refractivity contribution in [2.45, 2.75) is 11.3 Å². The second-order valence-electron chi connectivity index (χ2n) is 5.79. The highest BCUT2D eigenvalue weighted by Crippen LogP contribution is 2.24. The summed E-state index contributed by atoms with van der Waals surface area (Å²) in [6.45, 7) is 0. The molecule has 0 unspecified atom stereocenters. The van der Waals surface area contributed by atoms with Crippen LogP contribution in [0.25, 0.3) is 5.69 Å². The van der Waals surface area contributed by atoms with Gasteiger partial charge in [0.05, 0.1) is 23.3 Å². The molecule has 1 aromatic heterocycles. The van der Waals surface area contributed by atoms with Crippen molar-refractivity contribution < 1.29 is 17.6 Å². The summed E-state index contributed by atoms with van der Waals surface area (Å²) in [4.78, 5) is 12.0. The molecule has 11 heteroatoms. The van der Waals surface area contributed by atoms with E-state index in [1.54, 1.807) is 0 Å². The Labute approximate surface area is 169 Å². The van der Waals surface area contributed by atoms with Gasteiger partial charge in [0.1, 0.15) is 10.7 Å². The van der Waals surface area contributed by atoms with Crippen LogP contribution in [0.4, 0.5) is 10.1 Å². The van der Waals surface area contributed by atoms with Crippen LogP contribution in [0.5, 0.6) is 0 Å². The molecule has 0 aliphatic rings. The lowest BCUT2D eigenvalue weighted by atomic mass is 10.1. The number of nitrogens with two attached hydrogens (primary N) is 1. The smallest absolute Gasteiger partial charge is 0.240 e. The van der Waals surface area contributed by atoms with Crippen LogP contribution >= 0.6 is 23.2 Å². The summed E-state index contributed by atoms with van der Waals surface area (Å²) in [5.41, 5.74) is 0.804. The minimum atomic E-state index is -4.12. The van der Waals surface area contributed by atoms with Gasteiger partial charge in [0.25, 0.3) is 0 Å². The van der Waals surface area contributed by atoms with Gasteiger partial charge in [0.2, 0.25) is 15.9 Å². The number of sulfonamides is 1. The molecule has 2 aromatic carbocycles. The van der Waals surface area contributed by atoms with E-state index in [1.807, 2.05) is 0 Å². The normalized spacial score (nSPS) is 11.4. The van der Waals surface area contributed by atoms with Crippen LogP contribution in [0, 0.1) is 5.82 Å². The molecule has 0 radical (unpaired) electrons. The summed E-state index contributed by atoms with van der Waals surface area (Å²) in [6.07, 6.45) is 2.64. The van der Waals surface area contributed by atoms with Gasteiger partial charge in [-0.2, -0.15) is 5.10 Å². The summed E-state index contributed by atoms with van der Waals surface area (Å²) >= 11 is 11.7. The van der Waals surface area contributed by atoms with E-state index in [2.05, 4.69) is 10.4 Å². The van der Waals surface area contributed by atoms with E-state index in [4.69, 9.17) is 28.3 Å². The largest absolute Gasteiger partial charge is 0.326 e. The second-order valence-corrected chi connectivity index (χ2v) is 8.16.